The summed E-state index contributed by atoms with van der Waals surface area (Å²) < 4.78 is 15.3. The lowest BCUT2D eigenvalue weighted by Crippen LogP contribution is -2.42. The smallest absolute Gasteiger partial charge is 0.329 e. The summed E-state index contributed by atoms with van der Waals surface area (Å²) in [5.74, 6) is -1.22. The number of methoxy groups -OCH3 is 1. The van der Waals surface area contributed by atoms with Crippen LogP contribution in [0.5, 0.6) is 11.5 Å². The van der Waals surface area contributed by atoms with Gasteiger partial charge >= 0.3 is 5.97 Å². The number of benzene rings is 1. The molecule has 0 aromatic heterocycles. The SMILES string of the molecule is CCOC(=O)[C@H](C)N1C(=O)S/C(=C/c2ccc(OCC(N)=O)c(OC)c2)C1=O. The maximum Gasteiger partial charge on any atom is 0.329 e. The number of hydrogen-bond acceptors (Lipinski definition) is 8. The minimum absolute atomic E-state index is 0.152. The minimum atomic E-state index is -1.02. The third kappa shape index (κ3) is 4.83. The third-order valence-corrected chi connectivity index (χ3v) is 4.58. The van der Waals surface area contributed by atoms with Gasteiger partial charge in [0.25, 0.3) is 17.1 Å². The van der Waals surface area contributed by atoms with Gasteiger partial charge in [-0.25, -0.2) is 4.79 Å². The molecule has 2 rings (SSSR count). The molecular weight excluding hydrogens is 388 g/mol. The fourth-order valence-electron chi connectivity index (χ4n) is 2.38. The molecule has 1 fully saturated rings. The van der Waals surface area contributed by atoms with Crippen LogP contribution in [0, 0.1) is 0 Å². The summed E-state index contributed by atoms with van der Waals surface area (Å²) in [6.07, 6.45) is 1.50. The first kappa shape index (κ1) is 21.3. The van der Waals surface area contributed by atoms with Crippen LogP contribution >= 0.6 is 11.8 Å². The molecule has 3 amide bonds. The molecule has 1 atom stereocenters. The zero-order chi connectivity index (χ0) is 20.8. The van der Waals surface area contributed by atoms with Crippen molar-refractivity contribution in [1.29, 1.82) is 0 Å². The molecule has 1 aromatic carbocycles. The number of nitrogens with zero attached hydrogens (tertiary/aromatic N) is 1. The first-order chi connectivity index (χ1) is 13.3. The van der Waals surface area contributed by atoms with Crippen LogP contribution in [0.1, 0.15) is 19.4 Å². The highest BCUT2D eigenvalue weighted by Gasteiger charge is 2.41. The standard InChI is InChI=1S/C18H20N2O7S/c1-4-26-17(23)10(2)20-16(22)14(28-18(20)24)8-11-5-6-12(13(7-11)25-3)27-9-15(19)21/h5-8,10H,4,9H2,1-3H3,(H2,19,21)/b14-8+/t10-/m0/s1. The highest BCUT2D eigenvalue weighted by atomic mass is 32.2. The molecule has 0 spiro atoms. The third-order valence-electron chi connectivity index (χ3n) is 3.69. The van der Waals surface area contributed by atoms with Gasteiger partial charge in [-0.3, -0.25) is 19.3 Å². The van der Waals surface area contributed by atoms with Crippen molar-refractivity contribution in [2.75, 3.05) is 20.3 Å². The van der Waals surface area contributed by atoms with Gasteiger partial charge in [0.2, 0.25) is 0 Å². The van der Waals surface area contributed by atoms with E-state index < -0.39 is 29.1 Å². The number of carbonyl (C=O) groups excluding carboxylic acids is 4. The Labute approximate surface area is 165 Å². The number of amides is 3. The average Bonchev–Trinajstić information content (AvgIpc) is 2.93. The summed E-state index contributed by atoms with van der Waals surface area (Å²) in [6, 6.07) is 3.75. The molecular formula is C18H20N2O7S. The molecule has 1 aliphatic heterocycles. The number of thioether (sulfide) groups is 1. The number of rotatable bonds is 8. The molecule has 1 aromatic rings. The van der Waals surface area contributed by atoms with E-state index in [-0.39, 0.29) is 18.1 Å². The molecule has 1 heterocycles. The van der Waals surface area contributed by atoms with E-state index in [4.69, 9.17) is 19.9 Å². The molecule has 2 N–H and O–H groups in total. The average molecular weight is 408 g/mol. The molecule has 150 valence electrons. The predicted molar refractivity (Wildman–Crippen MR) is 102 cm³/mol. The van der Waals surface area contributed by atoms with Gasteiger partial charge in [-0.1, -0.05) is 6.07 Å². The van der Waals surface area contributed by atoms with Crippen molar-refractivity contribution in [2.24, 2.45) is 5.73 Å². The van der Waals surface area contributed by atoms with Crippen LogP contribution in [0.25, 0.3) is 6.08 Å². The van der Waals surface area contributed by atoms with Gasteiger partial charge in [0.1, 0.15) is 6.04 Å². The van der Waals surface area contributed by atoms with Crippen LogP contribution in [-0.2, 0) is 19.1 Å². The molecule has 0 bridgehead atoms. The van der Waals surface area contributed by atoms with Crippen LogP contribution in [0.2, 0.25) is 0 Å². The highest BCUT2D eigenvalue weighted by molar-refractivity contribution is 8.18. The summed E-state index contributed by atoms with van der Waals surface area (Å²) >= 11 is 0.730. The van der Waals surface area contributed by atoms with E-state index in [1.54, 1.807) is 25.1 Å². The van der Waals surface area contributed by atoms with Crippen molar-refractivity contribution < 1.29 is 33.4 Å². The fraction of sp³-hybridized carbons (Fsp3) is 0.333. The number of hydrogen-bond donors (Lipinski definition) is 1. The van der Waals surface area contributed by atoms with Gasteiger partial charge in [0.05, 0.1) is 18.6 Å². The zero-order valence-electron chi connectivity index (χ0n) is 15.6. The zero-order valence-corrected chi connectivity index (χ0v) is 16.4. The van der Waals surface area contributed by atoms with Gasteiger partial charge in [0, 0.05) is 0 Å². The fourth-order valence-corrected chi connectivity index (χ4v) is 3.28. The maximum atomic E-state index is 12.6. The summed E-state index contributed by atoms with van der Waals surface area (Å²) in [7, 11) is 1.42. The first-order valence-electron chi connectivity index (χ1n) is 8.31. The summed E-state index contributed by atoms with van der Waals surface area (Å²) in [5, 5.41) is -0.551. The molecule has 0 unspecified atom stereocenters. The van der Waals surface area contributed by atoms with Crippen molar-refractivity contribution >= 4 is 40.9 Å². The van der Waals surface area contributed by atoms with Crippen LogP contribution in [0.3, 0.4) is 0 Å². The first-order valence-corrected chi connectivity index (χ1v) is 9.13. The monoisotopic (exact) mass is 408 g/mol. The summed E-state index contributed by atoms with van der Waals surface area (Å²) in [4.78, 5) is 48.5. The quantitative estimate of drug-likeness (QED) is 0.507. The van der Waals surface area contributed by atoms with E-state index in [1.807, 2.05) is 0 Å². The second-order valence-corrected chi connectivity index (χ2v) is 6.64. The Balaban J connectivity index is 2.23. The van der Waals surface area contributed by atoms with Gasteiger partial charge in [-0.2, -0.15) is 0 Å². The van der Waals surface area contributed by atoms with Crippen molar-refractivity contribution in [3.63, 3.8) is 0 Å². The van der Waals surface area contributed by atoms with Crippen LogP contribution in [0.15, 0.2) is 23.1 Å². The number of esters is 1. The second kappa shape index (κ2) is 9.27. The molecule has 28 heavy (non-hydrogen) atoms. The number of carbonyl (C=O) groups is 4. The molecule has 0 saturated carbocycles. The Bertz CT molecular complexity index is 837. The Morgan fingerprint density at radius 2 is 2.00 bits per heavy atom. The topological polar surface area (TPSA) is 125 Å². The number of primary amides is 1. The van der Waals surface area contributed by atoms with Crippen LogP contribution in [0.4, 0.5) is 4.79 Å². The molecule has 9 nitrogen and oxygen atoms in total. The van der Waals surface area contributed by atoms with Crippen LogP contribution in [-0.4, -0.2) is 54.3 Å². The normalized spacial score (nSPS) is 16.2. The molecule has 10 heteroatoms. The Hall–Kier alpha value is -3.01. The van der Waals surface area contributed by atoms with Crippen molar-refractivity contribution in [3.8, 4) is 11.5 Å². The van der Waals surface area contributed by atoms with Gasteiger partial charge in [0.15, 0.2) is 18.1 Å². The minimum Gasteiger partial charge on any atom is -0.493 e. The lowest BCUT2D eigenvalue weighted by molar-refractivity contribution is -0.150. The van der Waals surface area contributed by atoms with Crippen molar-refractivity contribution in [1.82, 2.24) is 4.90 Å². The van der Waals surface area contributed by atoms with E-state index >= 15 is 0 Å². The predicted octanol–water partition coefficient (Wildman–Crippen LogP) is 1.55. The Kier molecular flexibility index (Phi) is 7.05. The lowest BCUT2D eigenvalue weighted by atomic mass is 10.1. The summed E-state index contributed by atoms with van der Waals surface area (Å²) in [5.41, 5.74) is 5.62. The van der Waals surface area contributed by atoms with Gasteiger partial charge in [-0.05, 0) is 49.4 Å². The Morgan fingerprint density at radius 3 is 2.61 bits per heavy atom. The maximum absolute atomic E-state index is 12.6. The van der Waals surface area contributed by atoms with Crippen LogP contribution < -0.4 is 15.2 Å². The van der Waals surface area contributed by atoms with E-state index in [9.17, 15) is 19.2 Å². The summed E-state index contributed by atoms with van der Waals surface area (Å²) in [6.45, 7) is 2.92. The lowest BCUT2D eigenvalue weighted by Gasteiger charge is -2.19. The molecule has 0 radical (unpaired) electrons. The van der Waals surface area contributed by atoms with E-state index in [2.05, 4.69) is 0 Å². The van der Waals surface area contributed by atoms with E-state index in [1.165, 1.54) is 20.1 Å². The van der Waals surface area contributed by atoms with Gasteiger partial charge in [-0.15, -0.1) is 0 Å². The number of nitrogens with two attached hydrogens (primary N) is 1. The largest absolute Gasteiger partial charge is 0.493 e. The second-order valence-electron chi connectivity index (χ2n) is 5.65. The Morgan fingerprint density at radius 1 is 1.29 bits per heavy atom. The van der Waals surface area contributed by atoms with Crippen molar-refractivity contribution in [2.45, 2.75) is 19.9 Å². The van der Waals surface area contributed by atoms with Gasteiger partial charge < -0.3 is 19.9 Å². The number of imide groups is 1. The molecule has 0 aliphatic carbocycles. The molecule has 1 saturated heterocycles. The van der Waals surface area contributed by atoms with E-state index in [0.29, 0.717) is 17.1 Å². The van der Waals surface area contributed by atoms with Crippen molar-refractivity contribution in [3.05, 3.63) is 28.7 Å². The molecule has 1 aliphatic rings. The number of ether oxygens (including phenoxy) is 3. The van der Waals surface area contributed by atoms with E-state index in [0.717, 1.165) is 16.7 Å². The highest BCUT2D eigenvalue weighted by Crippen LogP contribution is 2.35.